The molecule has 2 saturated heterocycles. The van der Waals surface area contributed by atoms with Crippen molar-refractivity contribution in [2.75, 3.05) is 26.2 Å². The quantitative estimate of drug-likeness (QED) is 0.252. The van der Waals surface area contributed by atoms with Gasteiger partial charge in [-0.15, -0.1) is 12.4 Å². The predicted molar refractivity (Wildman–Crippen MR) is 162 cm³/mol. The number of benzene rings is 3. The minimum atomic E-state index is -4.99. The Morgan fingerprint density at radius 3 is 1.96 bits per heavy atom. The lowest BCUT2D eigenvalue weighted by Gasteiger charge is -2.40. The van der Waals surface area contributed by atoms with E-state index in [0.717, 1.165) is 5.56 Å². The fourth-order valence-corrected chi connectivity index (χ4v) is 6.57. The highest BCUT2D eigenvalue weighted by molar-refractivity contribution is 6.42. The van der Waals surface area contributed by atoms with Crippen LogP contribution in [0.1, 0.15) is 53.5 Å². The van der Waals surface area contributed by atoms with E-state index in [1.54, 1.807) is 18.2 Å². The van der Waals surface area contributed by atoms with Gasteiger partial charge < -0.3 is 14.9 Å². The van der Waals surface area contributed by atoms with Gasteiger partial charge in [-0.05, 0) is 72.8 Å². The van der Waals surface area contributed by atoms with E-state index >= 15 is 0 Å². The molecule has 1 amide bonds. The van der Waals surface area contributed by atoms with E-state index in [0.29, 0.717) is 61.6 Å². The van der Waals surface area contributed by atoms with E-state index in [2.05, 4.69) is 4.90 Å². The fraction of sp³-hybridized carbons (Fsp3) is 0.406. The topological polar surface area (TPSA) is 43.8 Å². The summed E-state index contributed by atoms with van der Waals surface area (Å²) in [6.07, 6.45) is -8.49. The van der Waals surface area contributed by atoms with E-state index in [4.69, 9.17) is 23.2 Å². The largest absolute Gasteiger partial charge is 0.416 e. The average molecular weight is 696 g/mol. The predicted octanol–water partition coefficient (Wildman–Crippen LogP) is 8.50. The van der Waals surface area contributed by atoms with Gasteiger partial charge in [-0.2, -0.15) is 26.3 Å². The molecule has 1 unspecified atom stereocenters. The Bertz CT molecular complexity index is 1480. The average Bonchev–Trinajstić information content (AvgIpc) is 3.29. The standard InChI is InChI=1S/C32H30Cl2F6N2O2.ClH/c33-26-7-6-23(17-27(26)34)29(8-11-41-12-9-30(44,10-13-41)22-4-2-1-3-5-22)18-28(43)42(20-29)19-21-14-24(31(35,36)37)16-25(15-21)32(38,39)40;/h1-7,14-17,44H,8-13,18-20H2;1H. The van der Waals surface area contributed by atoms with Gasteiger partial charge in [-0.25, -0.2) is 0 Å². The number of hydrogen-bond donors (Lipinski definition) is 1. The van der Waals surface area contributed by atoms with Crippen LogP contribution in [0, 0.1) is 0 Å². The third-order valence-electron chi connectivity index (χ3n) is 8.79. The molecule has 3 aromatic carbocycles. The molecule has 2 aliphatic heterocycles. The molecular weight excluding hydrogens is 665 g/mol. The summed E-state index contributed by atoms with van der Waals surface area (Å²) in [6.45, 7) is 1.41. The normalized spacial score (nSPS) is 20.7. The lowest BCUT2D eigenvalue weighted by Crippen LogP contribution is -2.44. The van der Waals surface area contributed by atoms with Crippen molar-refractivity contribution >= 4 is 41.5 Å². The Kier molecular flexibility index (Phi) is 10.5. The van der Waals surface area contributed by atoms with Gasteiger partial charge in [0.1, 0.15) is 0 Å². The zero-order valence-corrected chi connectivity index (χ0v) is 26.2. The molecule has 0 spiro atoms. The van der Waals surface area contributed by atoms with E-state index < -0.39 is 41.0 Å². The molecule has 0 radical (unpaired) electrons. The maximum Gasteiger partial charge on any atom is 0.416 e. The summed E-state index contributed by atoms with van der Waals surface area (Å²) in [4.78, 5) is 16.8. The van der Waals surface area contributed by atoms with Crippen molar-refractivity contribution in [1.82, 2.24) is 9.80 Å². The van der Waals surface area contributed by atoms with Crippen LogP contribution in [0.4, 0.5) is 26.3 Å². The highest BCUT2D eigenvalue weighted by Crippen LogP contribution is 2.43. The summed E-state index contributed by atoms with van der Waals surface area (Å²) in [7, 11) is 0. The maximum atomic E-state index is 13.5. The van der Waals surface area contributed by atoms with Crippen molar-refractivity contribution in [3.63, 3.8) is 0 Å². The van der Waals surface area contributed by atoms with Crippen LogP contribution >= 0.6 is 35.6 Å². The molecule has 0 saturated carbocycles. The van der Waals surface area contributed by atoms with Crippen molar-refractivity contribution in [3.8, 4) is 0 Å². The first-order valence-electron chi connectivity index (χ1n) is 14.1. The maximum absolute atomic E-state index is 13.5. The third kappa shape index (κ3) is 7.91. The highest BCUT2D eigenvalue weighted by Gasteiger charge is 2.46. The molecule has 2 fully saturated rings. The van der Waals surface area contributed by atoms with E-state index in [-0.39, 0.29) is 47.9 Å². The lowest BCUT2D eigenvalue weighted by atomic mass is 9.76. The number of carbonyl (C=O) groups is 1. The Balaban J connectivity index is 0.00000461. The number of nitrogens with zero attached hydrogens (tertiary/aromatic N) is 2. The van der Waals surface area contributed by atoms with Crippen LogP contribution in [0.3, 0.4) is 0 Å². The molecule has 0 aromatic heterocycles. The van der Waals surface area contributed by atoms with Crippen LogP contribution in [0.25, 0.3) is 0 Å². The first-order valence-corrected chi connectivity index (χ1v) is 14.9. The number of rotatable bonds is 7. The van der Waals surface area contributed by atoms with Crippen LogP contribution in [0.5, 0.6) is 0 Å². The number of carbonyl (C=O) groups excluding carboxylic acids is 1. The molecule has 244 valence electrons. The summed E-state index contributed by atoms with van der Waals surface area (Å²) in [5.41, 5.74) is -3.31. The van der Waals surface area contributed by atoms with E-state index in [9.17, 15) is 36.2 Å². The van der Waals surface area contributed by atoms with E-state index in [1.807, 2.05) is 30.3 Å². The molecule has 5 rings (SSSR count). The molecule has 0 bridgehead atoms. The number of amides is 1. The molecule has 2 heterocycles. The van der Waals surface area contributed by atoms with Gasteiger partial charge in [0.25, 0.3) is 0 Å². The van der Waals surface area contributed by atoms with Gasteiger partial charge >= 0.3 is 12.4 Å². The van der Waals surface area contributed by atoms with Gasteiger partial charge in [0.2, 0.25) is 5.91 Å². The fourth-order valence-electron chi connectivity index (χ4n) is 6.27. The Labute approximate surface area is 273 Å². The van der Waals surface area contributed by atoms with Gasteiger partial charge in [-0.1, -0.05) is 59.6 Å². The third-order valence-corrected chi connectivity index (χ3v) is 9.53. The molecule has 4 nitrogen and oxygen atoms in total. The van der Waals surface area contributed by atoms with Crippen molar-refractivity contribution in [2.24, 2.45) is 0 Å². The molecule has 13 heteroatoms. The SMILES string of the molecule is Cl.O=C1CC(CCN2CCC(O)(c3ccccc3)CC2)(c2ccc(Cl)c(Cl)c2)CN1Cc1cc(C(F)(F)F)cc(C(F)(F)F)c1. The number of alkyl halides is 6. The highest BCUT2D eigenvalue weighted by atomic mass is 35.5. The van der Waals surface area contributed by atoms with Gasteiger partial charge in [0.15, 0.2) is 0 Å². The molecule has 0 aliphatic carbocycles. The van der Waals surface area contributed by atoms with Crippen molar-refractivity contribution in [2.45, 2.75) is 55.6 Å². The summed E-state index contributed by atoms with van der Waals surface area (Å²) >= 11 is 12.5. The zero-order chi connectivity index (χ0) is 31.9. The molecule has 1 N–H and O–H groups in total. The number of aliphatic hydroxyl groups is 1. The van der Waals surface area contributed by atoms with Crippen molar-refractivity contribution < 1.29 is 36.2 Å². The Morgan fingerprint density at radius 1 is 0.800 bits per heavy atom. The van der Waals surface area contributed by atoms with Crippen LogP contribution in [-0.2, 0) is 34.7 Å². The van der Waals surface area contributed by atoms with Crippen molar-refractivity contribution in [3.05, 3.63) is 105 Å². The van der Waals surface area contributed by atoms with Crippen molar-refractivity contribution in [1.29, 1.82) is 0 Å². The minimum absolute atomic E-state index is 0. The van der Waals surface area contributed by atoms with Crippen LogP contribution < -0.4 is 0 Å². The lowest BCUT2D eigenvalue weighted by molar-refractivity contribution is -0.143. The van der Waals surface area contributed by atoms with Crippen LogP contribution in [0.2, 0.25) is 10.0 Å². The molecular formula is C32H31Cl3F6N2O2. The number of likely N-dealkylation sites (tertiary alicyclic amines) is 2. The Hall–Kier alpha value is -2.50. The van der Waals surface area contributed by atoms with E-state index in [1.165, 1.54) is 4.90 Å². The van der Waals surface area contributed by atoms with Crippen LogP contribution in [0.15, 0.2) is 66.7 Å². The summed E-state index contributed by atoms with van der Waals surface area (Å²) in [5, 5.41) is 11.8. The first-order chi connectivity index (χ1) is 20.6. The van der Waals surface area contributed by atoms with Gasteiger partial charge in [0, 0.05) is 38.0 Å². The number of hydrogen-bond acceptors (Lipinski definition) is 3. The summed E-state index contributed by atoms with van der Waals surface area (Å²) in [5.74, 6) is -0.390. The second-order valence-corrected chi connectivity index (χ2v) is 12.6. The smallest absolute Gasteiger partial charge is 0.385 e. The van der Waals surface area contributed by atoms with Gasteiger partial charge in [-0.3, -0.25) is 4.79 Å². The first kappa shape index (κ1) is 35.4. The summed E-state index contributed by atoms with van der Waals surface area (Å²) < 4.78 is 80.8. The molecule has 3 aromatic rings. The number of piperidine rings is 1. The van der Waals surface area contributed by atoms with Crippen LogP contribution in [-0.4, -0.2) is 47.0 Å². The molecule has 2 aliphatic rings. The zero-order valence-electron chi connectivity index (χ0n) is 23.9. The Morgan fingerprint density at radius 2 is 1.40 bits per heavy atom. The minimum Gasteiger partial charge on any atom is -0.385 e. The number of halogens is 9. The summed E-state index contributed by atoms with van der Waals surface area (Å²) in [6, 6.07) is 15.9. The van der Waals surface area contributed by atoms with Gasteiger partial charge in [0.05, 0.1) is 26.8 Å². The molecule has 1 atom stereocenters. The monoisotopic (exact) mass is 694 g/mol. The molecule has 45 heavy (non-hydrogen) atoms. The second-order valence-electron chi connectivity index (χ2n) is 11.7. The second kappa shape index (κ2) is 13.3.